The van der Waals surface area contributed by atoms with Gasteiger partial charge in [-0.15, -0.1) is 11.3 Å². The molecule has 12 heteroatoms. The van der Waals surface area contributed by atoms with Crippen molar-refractivity contribution in [3.8, 4) is 0 Å². The van der Waals surface area contributed by atoms with Crippen molar-refractivity contribution in [1.29, 1.82) is 0 Å². The summed E-state index contributed by atoms with van der Waals surface area (Å²) in [7, 11) is 0. The summed E-state index contributed by atoms with van der Waals surface area (Å²) in [4.78, 5) is 63.5. The van der Waals surface area contributed by atoms with Crippen LogP contribution in [0.25, 0.3) is 0 Å². The van der Waals surface area contributed by atoms with Crippen LogP contribution in [0.1, 0.15) is 32.9 Å². The van der Waals surface area contributed by atoms with Gasteiger partial charge in [-0.25, -0.2) is 5.01 Å². The fourth-order valence-corrected chi connectivity index (χ4v) is 5.97. The van der Waals surface area contributed by atoms with Gasteiger partial charge in [0.2, 0.25) is 0 Å². The van der Waals surface area contributed by atoms with E-state index < -0.39 is 46.8 Å². The molecule has 1 saturated heterocycles. The molecule has 1 aromatic heterocycles. The van der Waals surface area contributed by atoms with Crippen LogP contribution in [0.15, 0.2) is 41.8 Å². The topological polar surface area (TPSA) is 118 Å². The Bertz CT molecular complexity index is 1100. The zero-order chi connectivity index (χ0) is 23.9. The first-order valence-electron chi connectivity index (χ1n) is 9.98. The molecule has 2 aromatic rings. The molecule has 1 aliphatic carbocycles. The highest BCUT2D eigenvalue weighted by Gasteiger charge is 2.54. The number of Topliss-reactive ketones (excluding diaryl/α,β-unsaturated/α-hetero) is 1. The van der Waals surface area contributed by atoms with E-state index in [0.717, 1.165) is 22.2 Å². The van der Waals surface area contributed by atoms with Crippen molar-refractivity contribution in [2.45, 2.75) is 22.5 Å². The number of halogens is 2. The van der Waals surface area contributed by atoms with Crippen LogP contribution < -0.4 is 0 Å². The Morgan fingerprint density at radius 3 is 2.12 bits per heavy atom. The molecule has 4 atom stereocenters. The maximum Gasteiger partial charge on any atom is 0.273 e. The molecule has 4 rings (SSSR count). The van der Waals surface area contributed by atoms with E-state index in [1.165, 1.54) is 23.5 Å². The SMILES string of the molecule is O=C(CN(C(=O)c1ccc([N+](=O)[O-])cc1)N1C(=O)[C@@H]2C[C@@H](Br)[C@@H](Br)C[C@H]2C1=O)c1cccs1. The molecule has 2 fully saturated rings. The highest BCUT2D eigenvalue weighted by atomic mass is 79.9. The van der Waals surface area contributed by atoms with Gasteiger partial charge in [-0.1, -0.05) is 37.9 Å². The molecule has 172 valence electrons. The number of hydrogen-bond acceptors (Lipinski definition) is 7. The number of carbonyl (C=O) groups is 4. The Labute approximate surface area is 209 Å². The molecule has 2 heterocycles. The largest absolute Gasteiger partial charge is 0.291 e. The van der Waals surface area contributed by atoms with E-state index in [1.807, 2.05) is 0 Å². The molecule has 0 radical (unpaired) electrons. The fourth-order valence-electron chi connectivity index (χ4n) is 4.07. The molecule has 0 bridgehead atoms. The van der Waals surface area contributed by atoms with Crippen LogP contribution in [-0.2, 0) is 9.59 Å². The highest BCUT2D eigenvalue weighted by molar-refractivity contribution is 9.12. The minimum absolute atomic E-state index is 0.0120. The Hall–Kier alpha value is -2.44. The summed E-state index contributed by atoms with van der Waals surface area (Å²) in [5, 5.41) is 14.3. The zero-order valence-electron chi connectivity index (χ0n) is 16.9. The predicted octanol–water partition coefficient (Wildman–Crippen LogP) is 3.82. The number of hydrogen-bond donors (Lipinski definition) is 0. The van der Waals surface area contributed by atoms with Crippen LogP contribution in [0.2, 0.25) is 0 Å². The quantitative estimate of drug-likeness (QED) is 0.164. The third-order valence-electron chi connectivity index (χ3n) is 5.78. The van der Waals surface area contributed by atoms with Gasteiger partial charge in [0.1, 0.15) is 6.54 Å². The number of alkyl halides is 2. The van der Waals surface area contributed by atoms with Crippen molar-refractivity contribution in [3.63, 3.8) is 0 Å². The van der Waals surface area contributed by atoms with Gasteiger partial charge in [0.25, 0.3) is 23.4 Å². The van der Waals surface area contributed by atoms with Crippen LogP contribution in [0.4, 0.5) is 5.69 Å². The second-order valence-electron chi connectivity index (χ2n) is 7.77. The third kappa shape index (κ3) is 4.51. The third-order valence-corrected chi connectivity index (χ3v) is 9.42. The summed E-state index contributed by atoms with van der Waals surface area (Å²) >= 11 is 8.24. The van der Waals surface area contributed by atoms with Crippen molar-refractivity contribution in [3.05, 3.63) is 62.3 Å². The number of nitrogens with zero attached hydrogens (tertiary/aromatic N) is 3. The van der Waals surface area contributed by atoms with Gasteiger partial charge >= 0.3 is 0 Å². The molecule has 1 aliphatic heterocycles. The van der Waals surface area contributed by atoms with Gasteiger partial charge < -0.3 is 0 Å². The summed E-state index contributed by atoms with van der Waals surface area (Å²) in [6, 6.07) is 8.08. The molecule has 0 spiro atoms. The number of benzene rings is 1. The van der Waals surface area contributed by atoms with Crippen molar-refractivity contribution in [2.24, 2.45) is 11.8 Å². The minimum Gasteiger partial charge on any atom is -0.291 e. The van der Waals surface area contributed by atoms with Gasteiger partial charge in [-0.2, -0.15) is 5.01 Å². The highest BCUT2D eigenvalue weighted by Crippen LogP contribution is 2.43. The van der Waals surface area contributed by atoms with Gasteiger partial charge in [-0.3, -0.25) is 29.3 Å². The Balaban J connectivity index is 1.68. The monoisotopic (exact) mass is 597 g/mol. The summed E-state index contributed by atoms with van der Waals surface area (Å²) in [5.74, 6) is -3.43. The number of imide groups is 1. The lowest BCUT2D eigenvalue weighted by atomic mass is 9.81. The summed E-state index contributed by atoms with van der Waals surface area (Å²) in [6.45, 7) is -0.511. The number of amides is 3. The first-order chi connectivity index (χ1) is 15.7. The van der Waals surface area contributed by atoms with E-state index in [1.54, 1.807) is 17.5 Å². The van der Waals surface area contributed by atoms with E-state index in [-0.39, 0.29) is 20.9 Å². The number of ketones is 1. The number of hydrazine groups is 1. The molecule has 2 aliphatic rings. The number of nitro groups is 1. The van der Waals surface area contributed by atoms with Gasteiger partial charge in [0, 0.05) is 27.4 Å². The maximum absolute atomic E-state index is 13.4. The summed E-state index contributed by atoms with van der Waals surface area (Å²) < 4.78 is 0. The first-order valence-corrected chi connectivity index (χ1v) is 12.7. The number of fused-ring (bicyclic) bond motifs is 1. The summed E-state index contributed by atoms with van der Waals surface area (Å²) in [5.41, 5.74) is -0.189. The zero-order valence-corrected chi connectivity index (χ0v) is 20.9. The standard InChI is InChI=1S/C21H17Br2N3O6S/c22-15-8-13-14(9-16(15)23)21(30)25(20(13)29)24(10-17(27)18-2-1-7-33-18)19(28)11-3-5-12(6-4-11)26(31)32/h1-7,13-16H,8-10H2/t13-,14-,15-,16+/m1/s1. The van der Waals surface area contributed by atoms with E-state index in [9.17, 15) is 29.3 Å². The van der Waals surface area contributed by atoms with Crippen LogP contribution >= 0.6 is 43.2 Å². The smallest absolute Gasteiger partial charge is 0.273 e. The minimum atomic E-state index is -0.763. The maximum atomic E-state index is 13.4. The molecule has 1 saturated carbocycles. The first kappa shape index (κ1) is 23.7. The lowest BCUT2D eigenvalue weighted by Crippen LogP contribution is -2.52. The van der Waals surface area contributed by atoms with Crippen molar-refractivity contribution in [1.82, 2.24) is 10.0 Å². The van der Waals surface area contributed by atoms with Crippen LogP contribution in [0.3, 0.4) is 0 Å². The van der Waals surface area contributed by atoms with Crippen molar-refractivity contribution in [2.75, 3.05) is 6.54 Å². The number of non-ortho nitro benzene ring substituents is 1. The van der Waals surface area contributed by atoms with Crippen molar-refractivity contribution >= 4 is 72.4 Å². The Kier molecular flexibility index (Phi) is 6.78. The molecule has 1 aromatic carbocycles. The Morgan fingerprint density at radius 2 is 1.64 bits per heavy atom. The van der Waals surface area contributed by atoms with Crippen LogP contribution in [-0.4, -0.2) is 54.6 Å². The molecule has 33 heavy (non-hydrogen) atoms. The molecule has 3 amide bonds. The molecule has 0 N–H and O–H groups in total. The molecule has 0 unspecified atom stereocenters. The molecule has 9 nitrogen and oxygen atoms in total. The lowest BCUT2D eigenvalue weighted by Gasteiger charge is -2.29. The second kappa shape index (κ2) is 9.43. The Morgan fingerprint density at radius 1 is 1.06 bits per heavy atom. The van der Waals surface area contributed by atoms with E-state index in [2.05, 4.69) is 31.9 Å². The predicted molar refractivity (Wildman–Crippen MR) is 126 cm³/mol. The molecular formula is C21H17Br2N3O6S. The number of nitro benzene ring substituents is 1. The second-order valence-corrected chi connectivity index (χ2v) is 11.1. The summed E-state index contributed by atoms with van der Waals surface area (Å²) in [6.07, 6.45) is 0.834. The van der Waals surface area contributed by atoms with Crippen LogP contribution in [0, 0.1) is 22.0 Å². The number of thiophene rings is 1. The van der Waals surface area contributed by atoms with E-state index >= 15 is 0 Å². The van der Waals surface area contributed by atoms with Gasteiger partial charge in [0.05, 0.1) is 21.6 Å². The number of carbonyl (C=O) groups excluding carboxylic acids is 4. The van der Waals surface area contributed by atoms with E-state index in [4.69, 9.17) is 0 Å². The van der Waals surface area contributed by atoms with Gasteiger partial charge in [0.15, 0.2) is 5.78 Å². The lowest BCUT2D eigenvalue weighted by molar-refractivity contribution is -0.384. The van der Waals surface area contributed by atoms with Crippen LogP contribution in [0.5, 0.6) is 0 Å². The normalized spacial score (nSPS) is 24.5. The number of rotatable bonds is 6. The average molecular weight is 599 g/mol. The average Bonchev–Trinajstić information content (AvgIpc) is 3.41. The van der Waals surface area contributed by atoms with E-state index in [0.29, 0.717) is 17.7 Å². The molecular weight excluding hydrogens is 582 g/mol. The van der Waals surface area contributed by atoms with Crippen molar-refractivity contribution < 1.29 is 24.1 Å². The van der Waals surface area contributed by atoms with Gasteiger partial charge in [-0.05, 0) is 36.4 Å². The fraction of sp³-hybridized carbons (Fsp3) is 0.333.